The molecule has 0 nitrogen and oxygen atoms in total. The first-order chi connectivity index (χ1) is 5.73. The van der Waals surface area contributed by atoms with E-state index in [1.165, 1.54) is 6.42 Å². The van der Waals surface area contributed by atoms with Gasteiger partial charge < -0.3 is 0 Å². The van der Waals surface area contributed by atoms with Crippen LogP contribution in [0.2, 0.25) is 19.6 Å². The maximum absolute atomic E-state index is 2.43. The largest absolute Gasteiger partial charge is 0.0806 e. The molecule has 74 valence electrons. The van der Waals surface area contributed by atoms with Gasteiger partial charge in [0.1, 0.15) is 0 Å². The molecule has 0 heterocycles. The van der Waals surface area contributed by atoms with Crippen LogP contribution in [-0.2, 0) is 0 Å². The standard InChI is InChI=1S/C12H22Si/c1-12(2,3)10-8-7-9-11(10)13(4,5)6/h7,9H,8H2,1-6H3. The van der Waals surface area contributed by atoms with Crippen LogP contribution < -0.4 is 0 Å². The molecule has 0 amide bonds. The first kappa shape index (κ1) is 10.8. The van der Waals surface area contributed by atoms with Gasteiger partial charge >= 0.3 is 0 Å². The Morgan fingerprint density at radius 3 is 2.00 bits per heavy atom. The molecule has 1 heteroatoms. The van der Waals surface area contributed by atoms with Gasteiger partial charge in [-0.3, -0.25) is 0 Å². The van der Waals surface area contributed by atoms with Gasteiger partial charge in [0, 0.05) is 0 Å². The zero-order chi connectivity index (χ0) is 10.3. The zero-order valence-electron chi connectivity index (χ0n) is 9.86. The van der Waals surface area contributed by atoms with Crippen molar-refractivity contribution in [3.8, 4) is 0 Å². The number of rotatable bonds is 1. The van der Waals surface area contributed by atoms with Gasteiger partial charge in [-0.05, 0) is 11.8 Å². The minimum atomic E-state index is -1.10. The summed E-state index contributed by atoms with van der Waals surface area (Å²) < 4.78 is 0. The maximum atomic E-state index is 2.43. The lowest BCUT2D eigenvalue weighted by atomic mass is 9.86. The second-order valence-corrected chi connectivity index (χ2v) is 11.0. The Labute approximate surface area is 83.7 Å². The van der Waals surface area contributed by atoms with E-state index in [1.807, 2.05) is 0 Å². The average Bonchev–Trinajstić information content (AvgIpc) is 2.27. The van der Waals surface area contributed by atoms with E-state index in [4.69, 9.17) is 0 Å². The molecule has 0 spiro atoms. The fourth-order valence-electron chi connectivity index (χ4n) is 1.92. The predicted octanol–water partition coefficient (Wildman–Crippen LogP) is 4.17. The molecule has 0 atom stereocenters. The maximum Gasteiger partial charge on any atom is 0.0775 e. The highest BCUT2D eigenvalue weighted by Crippen LogP contribution is 2.38. The third-order valence-corrected chi connectivity index (χ3v) is 4.73. The van der Waals surface area contributed by atoms with Crippen molar-refractivity contribution in [2.45, 2.75) is 46.8 Å². The lowest BCUT2D eigenvalue weighted by Gasteiger charge is -2.28. The van der Waals surface area contributed by atoms with E-state index in [1.54, 1.807) is 10.8 Å². The topological polar surface area (TPSA) is 0 Å². The van der Waals surface area contributed by atoms with E-state index in [0.717, 1.165) is 0 Å². The molecule has 0 aliphatic heterocycles. The van der Waals surface area contributed by atoms with E-state index in [2.05, 4.69) is 52.6 Å². The molecule has 0 aromatic rings. The molecular weight excluding hydrogens is 172 g/mol. The van der Waals surface area contributed by atoms with Crippen LogP contribution in [0.4, 0.5) is 0 Å². The molecule has 0 N–H and O–H groups in total. The van der Waals surface area contributed by atoms with Gasteiger partial charge in [0.2, 0.25) is 0 Å². The lowest BCUT2D eigenvalue weighted by Crippen LogP contribution is -2.26. The highest BCUT2D eigenvalue weighted by atomic mass is 28.3. The van der Waals surface area contributed by atoms with Crippen LogP contribution in [0, 0.1) is 5.41 Å². The summed E-state index contributed by atoms with van der Waals surface area (Å²) in [7, 11) is -1.10. The van der Waals surface area contributed by atoms with E-state index in [9.17, 15) is 0 Å². The molecule has 0 unspecified atom stereocenters. The highest BCUT2D eigenvalue weighted by Gasteiger charge is 2.28. The van der Waals surface area contributed by atoms with E-state index >= 15 is 0 Å². The Bertz CT molecular complexity index is 256. The molecule has 0 radical (unpaired) electrons. The minimum Gasteiger partial charge on any atom is -0.0806 e. The molecule has 13 heavy (non-hydrogen) atoms. The lowest BCUT2D eigenvalue weighted by molar-refractivity contribution is 0.495. The monoisotopic (exact) mass is 194 g/mol. The molecule has 1 aliphatic rings. The number of allylic oxidation sites excluding steroid dienone is 4. The molecule has 0 saturated heterocycles. The summed E-state index contributed by atoms with van der Waals surface area (Å²) in [4.78, 5) is 0. The Hall–Kier alpha value is -0.303. The second kappa shape index (κ2) is 3.12. The third-order valence-electron chi connectivity index (χ3n) is 2.64. The fraction of sp³-hybridized carbons (Fsp3) is 0.667. The quantitative estimate of drug-likeness (QED) is 0.550. The Kier molecular flexibility index (Phi) is 2.59. The van der Waals surface area contributed by atoms with Crippen molar-refractivity contribution in [2.75, 3.05) is 0 Å². The Morgan fingerprint density at radius 2 is 1.69 bits per heavy atom. The molecule has 0 saturated carbocycles. The van der Waals surface area contributed by atoms with Crippen molar-refractivity contribution in [3.63, 3.8) is 0 Å². The van der Waals surface area contributed by atoms with Crippen LogP contribution in [0.1, 0.15) is 27.2 Å². The van der Waals surface area contributed by atoms with Crippen LogP contribution in [-0.4, -0.2) is 8.07 Å². The summed E-state index contributed by atoms with van der Waals surface area (Å²) in [5, 5.41) is 1.68. The zero-order valence-corrected chi connectivity index (χ0v) is 10.9. The smallest absolute Gasteiger partial charge is 0.0775 e. The van der Waals surface area contributed by atoms with Crippen molar-refractivity contribution in [3.05, 3.63) is 22.9 Å². The summed E-state index contributed by atoms with van der Waals surface area (Å²) in [5.41, 5.74) is 2.03. The number of hydrogen-bond acceptors (Lipinski definition) is 0. The predicted molar refractivity (Wildman–Crippen MR) is 63.6 cm³/mol. The summed E-state index contributed by atoms with van der Waals surface area (Å²) in [6.07, 6.45) is 5.88. The minimum absolute atomic E-state index is 0.360. The van der Waals surface area contributed by atoms with Gasteiger partial charge in [-0.1, -0.05) is 63.3 Å². The van der Waals surface area contributed by atoms with Crippen molar-refractivity contribution >= 4 is 8.07 Å². The molecule has 1 rings (SSSR count). The van der Waals surface area contributed by atoms with Crippen molar-refractivity contribution in [1.82, 2.24) is 0 Å². The van der Waals surface area contributed by atoms with Crippen LogP contribution >= 0.6 is 0 Å². The summed E-state index contributed by atoms with van der Waals surface area (Å²) in [6.45, 7) is 14.3. The SMILES string of the molecule is CC(C)(C)C1=C([Si](C)(C)C)C=CC1. The normalized spacial score (nSPS) is 18.6. The average molecular weight is 194 g/mol. The van der Waals surface area contributed by atoms with Gasteiger partial charge in [0.05, 0.1) is 8.07 Å². The van der Waals surface area contributed by atoms with Gasteiger partial charge in [-0.15, -0.1) is 0 Å². The van der Waals surface area contributed by atoms with E-state index in [0.29, 0.717) is 5.41 Å². The molecular formula is C12H22Si. The van der Waals surface area contributed by atoms with Crippen molar-refractivity contribution in [2.24, 2.45) is 5.41 Å². The summed E-state index contributed by atoms with van der Waals surface area (Å²) in [5.74, 6) is 0. The first-order valence-electron chi connectivity index (χ1n) is 5.13. The second-order valence-electron chi connectivity index (χ2n) is 6.00. The fourth-order valence-corrected chi connectivity index (χ4v) is 3.92. The molecule has 1 aliphatic carbocycles. The van der Waals surface area contributed by atoms with Gasteiger partial charge in [-0.25, -0.2) is 0 Å². The van der Waals surface area contributed by atoms with Gasteiger partial charge in [-0.2, -0.15) is 0 Å². The Morgan fingerprint density at radius 1 is 1.15 bits per heavy atom. The molecule has 0 aromatic heterocycles. The summed E-state index contributed by atoms with van der Waals surface area (Å²) >= 11 is 0. The van der Waals surface area contributed by atoms with Crippen LogP contribution in [0.3, 0.4) is 0 Å². The highest BCUT2D eigenvalue weighted by molar-refractivity contribution is 6.84. The van der Waals surface area contributed by atoms with E-state index < -0.39 is 8.07 Å². The molecule has 0 bridgehead atoms. The first-order valence-corrected chi connectivity index (χ1v) is 8.63. The van der Waals surface area contributed by atoms with Crippen LogP contribution in [0.25, 0.3) is 0 Å². The Balaban J connectivity index is 3.10. The van der Waals surface area contributed by atoms with E-state index in [-0.39, 0.29) is 0 Å². The van der Waals surface area contributed by atoms with Crippen molar-refractivity contribution < 1.29 is 0 Å². The van der Waals surface area contributed by atoms with Gasteiger partial charge in [0.15, 0.2) is 0 Å². The molecule has 0 fully saturated rings. The van der Waals surface area contributed by atoms with Crippen LogP contribution in [0.5, 0.6) is 0 Å². The van der Waals surface area contributed by atoms with Crippen molar-refractivity contribution in [1.29, 1.82) is 0 Å². The van der Waals surface area contributed by atoms with Gasteiger partial charge in [0.25, 0.3) is 0 Å². The third kappa shape index (κ3) is 2.34. The number of hydrogen-bond donors (Lipinski definition) is 0. The molecule has 0 aromatic carbocycles. The summed E-state index contributed by atoms with van der Waals surface area (Å²) in [6, 6.07) is 0. The van der Waals surface area contributed by atoms with Crippen LogP contribution in [0.15, 0.2) is 22.9 Å².